The van der Waals surface area contributed by atoms with Crippen LogP contribution in [0.2, 0.25) is 0 Å². The van der Waals surface area contributed by atoms with Gasteiger partial charge in [0, 0.05) is 17.6 Å². The molecule has 1 aromatic rings. The first-order valence-electron chi connectivity index (χ1n) is 6.82. The molecule has 1 heterocycles. The predicted molar refractivity (Wildman–Crippen MR) is 75.2 cm³/mol. The molecule has 1 fully saturated rings. The monoisotopic (exact) mass is 248 g/mol. The van der Waals surface area contributed by atoms with E-state index < -0.39 is 0 Å². The van der Waals surface area contributed by atoms with Gasteiger partial charge in [0.1, 0.15) is 5.75 Å². The molecule has 3 heteroatoms. The number of rotatable bonds is 4. The molecule has 1 aliphatic heterocycles. The van der Waals surface area contributed by atoms with E-state index in [0.717, 1.165) is 18.8 Å². The van der Waals surface area contributed by atoms with Crippen molar-refractivity contribution in [2.75, 3.05) is 20.2 Å². The van der Waals surface area contributed by atoms with Crippen LogP contribution in [0.3, 0.4) is 0 Å². The second kappa shape index (κ2) is 6.21. The molecular formula is C15H24N2O. The van der Waals surface area contributed by atoms with Crippen LogP contribution in [0.25, 0.3) is 0 Å². The standard InChI is InChI=1S/C15H24N2O/c1-11-4-5-15(18-3)14(10-11)12(2)17-13-6-8-16-9-7-13/h4-5,10,12-13,16-17H,6-9H2,1-3H3. The van der Waals surface area contributed by atoms with Gasteiger partial charge in [0.15, 0.2) is 0 Å². The summed E-state index contributed by atoms with van der Waals surface area (Å²) >= 11 is 0. The van der Waals surface area contributed by atoms with Crippen molar-refractivity contribution in [3.05, 3.63) is 29.3 Å². The number of piperidine rings is 1. The maximum Gasteiger partial charge on any atom is 0.123 e. The van der Waals surface area contributed by atoms with E-state index in [1.165, 1.54) is 24.0 Å². The third-order valence-electron chi connectivity index (χ3n) is 3.68. The fraction of sp³-hybridized carbons (Fsp3) is 0.600. The molecule has 1 atom stereocenters. The van der Waals surface area contributed by atoms with E-state index >= 15 is 0 Å². The molecule has 18 heavy (non-hydrogen) atoms. The molecule has 2 rings (SSSR count). The number of hydrogen-bond acceptors (Lipinski definition) is 3. The molecule has 1 saturated heterocycles. The summed E-state index contributed by atoms with van der Waals surface area (Å²) < 4.78 is 5.46. The SMILES string of the molecule is COc1ccc(C)cc1C(C)NC1CCNCC1. The van der Waals surface area contributed by atoms with Gasteiger partial charge in [-0.1, -0.05) is 17.7 Å². The van der Waals surface area contributed by atoms with Crippen molar-refractivity contribution in [1.82, 2.24) is 10.6 Å². The lowest BCUT2D eigenvalue weighted by Gasteiger charge is -2.28. The smallest absolute Gasteiger partial charge is 0.123 e. The second-order valence-electron chi connectivity index (χ2n) is 5.16. The zero-order valence-electron chi connectivity index (χ0n) is 11.6. The fourth-order valence-electron chi connectivity index (χ4n) is 2.62. The second-order valence-corrected chi connectivity index (χ2v) is 5.16. The van der Waals surface area contributed by atoms with Crippen molar-refractivity contribution >= 4 is 0 Å². The first-order chi connectivity index (χ1) is 8.70. The van der Waals surface area contributed by atoms with Crippen LogP contribution in [-0.2, 0) is 0 Å². The summed E-state index contributed by atoms with van der Waals surface area (Å²) in [5, 5.41) is 7.11. The van der Waals surface area contributed by atoms with Gasteiger partial charge in [0.25, 0.3) is 0 Å². The van der Waals surface area contributed by atoms with Gasteiger partial charge in [-0.25, -0.2) is 0 Å². The number of hydrogen-bond donors (Lipinski definition) is 2. The Balaban J connectivity index is 2.07. The Labute approximate surface area is 110 Å². The van der Waals surface area contributed by atoms with Crippen molar-refractivity contribution in [2.24, 2.45) is 0 Å². The summed E-state index contributed by atoms with van der Waals surface area (Å²) in [6.45, 7) is 6.59. The highest BCUT2D eigenvalue weighted by atomic mass is 16.5. The Morgan fingerprint density at radius 3 is 2.72 bits per heavy atom. The van der Waals surface area contributed by atoms with E-state index in [4.69, 9.17) is 4.74 Å². The average Bonchev–Trinajstić information content (AvgIpc) is 2.40. The number of ether oxygens (including phenoxy) is 1. The predicted octanol–water partition coefficient (Wildman–Crippen LogP) is 2.41. The zero-order chi connectivity index (χ0) is 13.0. The normalized spacial score (nSPS) is 18.6. The molecule has 0 radical (unpaired) electrons. The summed E-state index contributed by atoms with van der Waals surface area (Å²) in [4.78, 5) is 0. The van der Waals surface area contributed by atoms with Crippen LogP contribution in [-0.4, -0.2) is 26.2 Å². The van der Waals surface area contributed by atoms with Gasteiger partial charge < -0.3 is 15.4 Å². The van der Waals surface area contributed by atoms with E-state index in [1.54, 1.807) is 7.11 Å². The van der Waals surface area contributed by atoms with Crippen LogP contribution in [0.15, 0.2) is 18.2 Å². The summed E-state index contributed by atoms with van der Waals surface area (Å²) in [6.07, 6.45) is 2.41. The molecule has 0 bridgehead atoms. The van der Waals surface area contributed by atoms with Crippen LogP contribution in [0, 0.1) is 6.92 Å². The lowest BCUT2D eigenvalue weighted by molar-refractivity contribution is 0.349. The van der Waals surface area contributed by atoms with Crippen molar-refractivity contribution in [2.45, 2.75) is 38.8 Å². The summed E-state index contributed by atoms with van der Waals surface area (Å²) in [5.41, 5.74) is 2.54. The topological polar surface area (TPSA) is 33.3 Å². The van der Waals surface area contributed by atoms with E-state index in [0.29, 0.717) is 12.1 Å². The van der Waals surface area contributed by atoms with E-state index in [9.17, 15) is 0 Å². The van der Waals surface area contributed by atoms with Crippen molar-refractivity contribution < 1.29 is 4.74 Å². The highest BCUT2D eigenvalue weighted by Crippen LogP contribution is 2.26. The van der Waals surface area contributed by atoms with Crippen LogP contribution < -0.4 is 15.4 Å². The van der Waals surface area contributed by atoms with Crippen molar-refractivity contribution in [3.63, 3.8) is 0 Å². The van der Waals surface area contributed by atoms with Crippen LogP contribution in [0.5, 0.6) is 5.75 Å². The van der Waals surface area contributed by atoms with Crippen molar-refractivity contribution in [3.8, 4) is 5.75 Å². The molecule has 1 aliphatic rings. The number of aryl methyl sites for hydroxylation is 1. The molecule has 2 N–H and O–H groups in total. The number of benzene rings is 1. The molecule has 100 valence electrons. The van der Waals surface area contributed by atoms with Gasteiger partial charge in [-0.05, 0) is 45.8 Å². The highest BCUT2D eigenvalue weighted by molar-refractivity contribution is 5.38. The Morgan fingerprint density at radius 2 is 2.06 bits per heavy atom. The van der Waals surface area contributed by atoms with Gasteiger partial charge in [-0.2, -0.15) is 0 Å². The lowest BCUT2D eigenvalue weighted by atomic mass is 10.0. The molecule has 0 aliphatic carbocycles. The third kappa shape index (κ3) is 3.24. The van der Waals surface area contributed by atoms with Gasteiger partial charge in [-0.15, -0.1) is 0 Å². The summed E-state index contributed by atoms with van der Waals surface area (Å²) in [5.74, 6) is 0.981. The number of methoxy groups -OCH3 is 1. The minimum atomic E-state index is 0.336. The molecule has 0 amide bonds. The molecule has 0 aromatic heterocycles. The van der Waals surface area contributed by atoms with Crippen molar-refractivity contribution in [1.29, 1.82) is 0 Å². The zero-order valence-corrected chi connectivity index (χ0v) is 11.6. The van der Waals surface area contributed by atoms with Gasteiger partial charge in [0.2, 0.25) is 0 Å². The largest absolute Gasteiger partial charge is 0.496 e. The molecule has 3 nitrogen and oxygen atoms in total. The minimum absolute atomic E-state index is 0.336. The van der Waals surface area contributed by atoms with E-state index in [2.05, 4.69) is 42.7 Å². The minimum Gasteiger partial charge on any atom is -0.496 e. The molecular weight excluding hydrogens is 224 g/mol. The Hall–Kier alpha value is -1.06. The molecule has 1 aromatic carbocycles. The van der Waals surface area contributed by atoms with E-state index in [1.807, 2.05) is 0 Å². The van der Waals surface area contributed by atoms with Crippen LogP contribution in [0.4, 0.5) is 0 Å². The number of nitrogens with one attached hydrogen (secondary N) is 2. The summed E-state index contributed by atoms with van der Waals surface area (Å²) in [6, 6.07) is 7.33. The fourth-order valence-corrected chi connectivity index (χ4v) is 2.62. The molecule has 0 spiro atoms. The first kappa shape index (κ1) is 13.4. The molecule has 0 saturated carbocycles. The average molecular weight is 248 g/mol. The first-order valence-corrected chi connectivity index (χ1v) is 6.82. The summed E-state index contributed by atoms with van der Waals surface area (Å²) in [7, 11) is 1.74. The van der Waals surface area contributed by atoms with E-state index in [-0.39, 0.29) is 0 Å². The molecule has 1 unspecified atom stereocenters. The van der Waals surface area contributed by atoms with Gasteiger partial charge >= 0.3 is 0 Å². The third-order valence-corrected chi connectivity index (χ3v) is 3.68. The quantitative estimate of drug-likeness (QED) is 0.858. The van der Waals surface area contributed by atoms with Gasteiger partial charge in [-0.3, -0.25) is 0 Å². The highest BCUT2D eigenvalue weighted by Gasteiger charge is 2.18. The Bertz CT molecular complexity index is 386. The lowest BCUT2D eigenvalue weighted by Crippen LogP contribution is -2.41. The van der Waals surface area contributed by atoms with Crippen LogP contribution in [0.1, 0.15) is 36.9 Å². The maximum atomic E-state index is 5.46. The Kier molecular flexibility index (Phi) is 4.61. The van der Waals surface area contributed by atoms with Gasteiger partial charge in [0.05, 0.1) is 7.11 Å². The Morgan fingerprint density at radius 1 is 1.33 bits per heavy atom. The maximum absolute atomic E-state index is 5.46. The van der Waals surface area contributed by atoms with Crippen LogP contribution >= 0.6 is 0 Å².